The molecule has 1 aromatic heterocycles. The van der Waals surface area contributed by atoms with Gasteiger partial charge in [0.25, 0.3) is 0 Å². The van der Waals surface area contributed by atoms with Crippen LogP contribution in [-0.2, 0) is 0 Å². The summed E-state index contributed by atoms with van der Waals surface area (Å²) in [4.78, 5) is 3.77. The second kappa shape index (κ2) is 4.84. The number of hydrogen-bond acceptors (Lipinski definition) is 2. The minimum absolute atomic E-state index is 0.759. The fraction of sp³-hybridized carbons (Fsp3) is 0. The lowest BCUT2D eigenvalue weighted by molar-refractivity contribution is 1.33. The Morgan fingerprint density at radius 1 is 1.22 bits per heavy atom. The Labute approximate surface area is 55.0 Å². The highest BCUT2D eigenvalue weighted by atomic mass is 14.6. The van der Waals surface area contributed by atoms with Crippen LogP contribution in [0.4, 0.5) is 5.69 Å². The van der Waals surface area contributed by atoms with Gasteiger partial charge in [-0.2, -0.15) is 0 Å². The average molecular weight is 122 g/mol. The van der Waals surface area contributed by atoms with Gasteiger partial charge in [0.15, 0.2) is 0 Å². The third kappa shape index (κ3) is 3.29. The number of aromatic nitrogens is 1. The number of hydrogen-bond donors (Lipinski definition) is 1. The van der Waals surface area contributed by atoms with Gasteiger partial charge in [-0.1, -0.05) is 0 Å². The van der Waals surface area contributed by atoms with Gasteiger partial charge in [0, 0.05) is 18.1 Å². The highest BCUT2D eigenvalue weighted by Crippen LogP contribution is 1.92. The molecule has 0 atom stereocenters. The summed E-state index contributed by atoms with van der Waals surface area (Å²) in [7, 11) is 0. The van der Waals surface area contributed by atoms with Crippen LogP contribution in [0.2, 0.25) is 0 Å². The van der Waals surface area contributed by atoms with E-state index in [9.17, 15) is 0 Å². The van der Waals surface area contributed by atoms with E-state index in [4.69, 9.17) is 5.73 Å². The largest absolute Gasteiger partial charge is 0.399 e. The predicted molar refractivity (Wildman–Crippen MR) is 39.9 cm³/mol. The normalized spacial score (nSPS) is 7.11. The maximum Gasteiger partial charge on any atom is 0.0344 e. The van der Waals surface area contributed by atoms with E-state index in [1.165, 1.54) is 0 Å². The Morgan fingerprint density at radius 2 is 1.67 bits per heavy atom. The van der Waals surface area contributed by atoms with Crippen molar-refractivity contribution in [3.63, 3.8) is 0 Å². The molecule has 0 saturated carbocycles. The molecule has 2 nitrogen and oxygen atoms in total. The number of nitrogen functional groups attached to an aromatic ring is 1. The lowest BCUT2D eigenvalue weighted by Crippen LogP contribution is -1.81. The van der Waals surface area contributed by atoms with Gasteiger partial charge in [-0.15, -0.1) is 13.2 Å². The van der Waals surface area contributed by atoms with Crippen LogP contribution in [0.3, 0.4) is 0 Å². The van der Waals surface area contributed by atoms with Crippen LogP contribution >= 0.6 is 0 Å². The fourth-order valence-corrected chi connectivity index (χ4v) is 0.363. The summed E-state index contributed by atoms with van der Waals surface area (Å²) in [6.07, 6.45) is 3.32. The summed E-state index contributed by atoms with van der Waals surface area (Å²) >= 11 is 0. The molecule has 0 amide bonds. The minimum atomic E-state index is 0.759. The maximum atomic E-state index is 5.32. The fourth-order valence-electron chi connectivity index (χ4n) is 0.363. The molecular weight excluding hydrogens is 112 g/mol. The third-order valence-electron chi connectivity index (χ3n) is 0.706. The smallest absolute Gasteiger partial charge is 0.0344 e. The Bertz CT molecular complexity index is 148. The van der Waals surface area contributed by atoms with Gasteiger partial charge in [-0.3, -0.25) is 4.98 Å². The number of rotatable bonds is 0. The highest BCUT2D eigenvalue weighted by molar-refractivity contribution is 5.33. The van der Waals surface area contributed by atoms with Gasteiger partial charge in [-0.25, -0.2) is 0 Å². The van der Waals surface area contributed by atoms with E-state index >= 15 is 0 Å². The Hall–Kier alpha value is -1.31. The first-order valence-corrected chi connectivity index (χ1v) is 2.55. The molecule has 2 N–H and O–H groups in total. The van der Waals surface area contributed by atoms with E-state index in [0.29, 0.717) is 0 Å². The molecule has 0 aliphatic rings. The number of nitrogens with two attached hydrogens (primary N) is 1. The van der Waals surface area contributed by atoms with Crippen LogP contribution in [0, 0.1) is 0 Å². The zero-order valence-corrected chi connectivity index (χ0v) is 5.25. The maximum absolute atomic E-state index is 5.32. The van der Waals surface area contributed by atoms with Gasteiger partial charge in [0.05, 0.1) is 0 Å². The molecule has 48 valence electrons. The first-order chi connectivity index (χ1) is 4.39. The number of anilines is 1. The van der Waals surface area contributed by atoms with Crippen LogP contribution in [0.15, 0.2) is 37.7 Å². The Morgan fingerprint density at radius 3 is 1.89 bits per heavy atom. The molecule has 0 bridgehead atoms. The highest BCUT2D eigenvalue weighted by Gasteiger charge is 1.73. The van der Waals surface area contributed by atoms with Crippen LogP contribution in [-0.4, -0.2) is 4.98 Å². The molecule has 9 heavy (non-hydrogen) atoms. The zero-order chi connectivity index (χ0) is 7.11. The van der Waals surface area contributed by atoms with Crippen molar-refractivity contribution < 1.29 is 0 Å². The van der Waals surface area contributed by atoms with Crippen LogP contribution in [0.25, 0.3) is 0 Å². The van der Waals surface area contributed by atoms with Crippen molar-refractivity contribution in [3.05, 3.63) is 37.7 Å². The molecule has 2 heteroatoms. The van der Waals surface area contributed by atoms with Gasteiger partial charge >= 0.3 is 0 Å². The van der Waals surface area contributed by atoms with E-state index in [2.05, 4.69) is 18.1 Å². The second-order valence-electron chi connectivity index (χ2n) is 1.28. The molecular formula is C7H10N2. The summed E-state index contributed by atoms with van der Waals surface area (Å²) in [6.45, 7) is 6.00. The van der Waals surface area contributed by atoms with Gasteiger partial charge < -0.3 is 5.73 Å². The van der Waals surface area contributed by atoms with E-state index < -0.39 is 0 Å². The zero-order valence-electron chi connectivity index (χ0n) is 5.25. The standard InChI is InChI=1S/C5H6N2.C2H4/c6-5-1-3-7-4-2-5;1-2/h1-4H,(H2,6,7);1-2H2. The van der Waals surface area contributed by atoms with Crippen molar-refractivity contribution in [1.29, 1.82) is 0 Å². The van der Waals surface area contributed by atoms with Crippen LogP contribution in [0.5, 0.6) is 0 Å². The second-order valence-corrected chi connectivity index (χ2v) is 1.28. The minimum Gasteiger partial charge on any atom is -0.399 e. The molecule has 0 spiro atoms. The Balaban J connectivity index is 0.000000291. The van der Waals surface area contributed by atoms with E-state index in [1.807, 2.05) is 0 Å². The van der Waals surface area contributed by atoms with Crippen molar-refractivity contribution in [2.75, 3.05) is 5.73 Å². The molecule has 0 saturated heterocycles. The summed E-state index contributed by atoms with van der Waals surface area (Å²) in [6, 6.07) is 3.50. The van der Waals surface area contributed by atoms with Crippen LogP contribution < -0.4 is 5.73 Å². The SMILES string of the molecule is C=C.Nc1ccncc1. The lowest BCUT2D eigenvalue weighted by Gasteiger charge is -1.83. The summed E-state index contributed by atoms with van der Waals surface area (Å²) in [5.74, 6) is 0. The topological polar surface area (TPSA) is 38.9 Å². The van der Waals surface area contributed by atoms with E-state index in [-0.39, 0.29) is 0 Å². The lowest BCUT2D eigenvalue weighted by atomic mass is 10.4. The molecule has 1 aromatic rings. The Kier molecular flexibility index (Phi) is 4.14. The van der Waals surface area contributed by atoms with Crippen molar-refractivity contribution in [2.24, 2.45) is 0 Å². The molecule has 0 aromatic carbocycles. The molecule has 0 aliphatic heterocycles. The van der Waals surface area contributed by atoms with E-state index in [1.54, 1.807) is 24.5 Å². The average Bonchev–Trinajstić information content (AvgIpc) is 1.94. The first kappa shape index (κ1) is 7.69. The van der Waals surface area contributed by atoms with Gasteiger partial charge in [-0.05, 0) is 12.1 Å². The van der Waals surface area contributed by atoms with Crippen molar-refractivity contribution in [1.82, 2.24) is 4.98 Å². The predicted octanol–water partition coefficient (Wildman–Crippen LogP) is 1.47. The van der Waals surface area contributed by atoms with Gasteiger partial charge in [0.2, 0.25) is 0 Å². The molecule has 0 unspecified atom stereocenters. The summed E-state index contributed by atoms with van der Waals surface area (Å²) in [5.41, 5.74) is 6.08. The summed E-state index contributed by atoms with van der Waals surface area (Å²) < 4.78 is 0. The summed E-state index contributed by atoms with van der Waals surface area (Å²) in [5, 5.41) is 0. The molecule has 0 radical (unpaired) electrons. The third-order valence-corrected chi connectivity index (χ3v) is 0.706. The molecule has 0 aliphatic carbocycles. The first-order valence-electron chi connectivity index (χ1n) is 2.55. The number of nitrogens with zero attached hydrogens (tertiary/aromatic N) is 1. The van der Waals surface area contributed by atoms with E-state index in [0.717, 1.165) is 5.69 Å². The van der Waals surface area contributed by atoms with Gasteiger partial charge in [0.1, 0.15) is 0 Å². The van der Waals surface area contributed by atoms with Crippen molar-refractivity contribution >= 4 is 5.69 Å². The van der Waals surface area contributed by atoms with Crippen molar-refractivity contribution in [2.45, 2.75) is 0 Å². The van der Waals surface area contributed by atoms with Crippen LogP contribution in [0.1, 0.15) is 0 Å². The quantitative estimate of drug-likeness (QED) is 0.529. The molecule has 1 heterocycles. The van der Waals surface area contributed by atoms with Crippen molar-refractivity contribution in [3.8, 4) is 0 Å². The number of pyridine rings is 1. The molecule has 0 fully saturated rings. The molecule has 1 rings (SSSR count). The monoisotopic (exact) mass is 122 g/mol.